The summed E-state index contributed by atoms with van der Waals surface area (Å²) in [7, 11) is 1.58. The van der Waals surface area contributed by atoms with Crippen LogP contribution < -0.4 is 4.74 Å². The van der Waals surface area contributed by atoms with E-state index >= 15 is 0 Å². The van der Waals surface area contributed by atoms with E-state index in [4.69, 9.17) is 4.74 Å². The van der Waals surface area contributed by atoms with Gasteiger partial charge >= 0.3 is 0 Å². The number of rotatable bonds is 4. The summed E-state index contributed by atoms with van der Waals surface area (Å²) < 4.78 is 6.62. The van der Waals surface area contributed by atoms with Gasteiger partial charge in [0.2, 0.25) is 0 Å². The van der Waals surface area contributed by atoms with E-state index in [2.05, 4.69) is 0 Å². The van der Waals surface area contributed by atoms with Crippen LogP contribution in [0.2, 0.25) is 0 Å². The van der Waals surface area contributed by atoms with E-state index in [9.17, 15) is 9.90 Å². The lowest BCUT2D eigenvalue weighted by atomic mass is 10.0. The third-order valence-electron chi connectivity index (χ3n) is 2.25. The van der Waals surface area contributed by atoms with Crippen LogP contribution in [0.3, 0.4) is 0 Å². The molecular formula is C12H13IO3. The third-order valence-corrected chi connectivity index (χ3v) is 2.92. The molecule has 0 fully saturated rings. The van der Waals surface area contributed by atoms with Crippen molar-refractivity contribution in [1.29, 1.82) is 0 Å². The Kier molecular flexibility index (Phi) is 4.95. The number of Topliss-reactive ketones (excluding diaryl/α,β-unsaturated/α-hetero) is 1. The van der Waals surface area contributed by atoms with Gasteiger partial charge in [0.25, 0.3) is 0 Å². The number of aliphatic hydroxyl groups is 1. The highest BCUT2D eigenvalue weighted by Crippen LogP contribution is 2.25. The number of aliphatic hydroxyl groups excluding tert-OH is 1. The van der Waals surface area contributed by atoms with E-state index in [1.807, 2.05) is 22.6 Å². The average molecular weight is 332 g/mol. The number of benzene rings is 1. The van der Waals surface area contributed by atoms with Crippen molar-refractivity contribution in [3.63, 3.8) is 0 Å². The lowest BCUT2D eigenvalue weighted by molar-refractivity contribution is -0.114. The monoisotopic (exact) mass is 332 g/mol. The van der Waals surface area contributed by atoms with Crippen molar-refractivity contribution >= 4 is 28.4 Å². The van der Waals surface area contributed by atoms with Crippen LogP contribution in [0, 0.1) is 0 Å². The molecule has 0 aliphatic carbocycles. The molecule has 0 aliphatic heterocycles. The first kappa shape index (κ1) is 13.2. The Morgan fingerprint density at radius 3 is 2.38 bits per heavy atom. The molecule has 3 nitrogen and oxygen atoms in total. The third kappa shape index (κ3) is 3.05. The molecule has 1 aromatic rings. The molecule has 1 rings (SSSR count). The van der Waals surface area contributed by atoms with Crippen LogP contribution in [0.15, 0.2) is 33.9 Å². The van der Waals surface area contributed by atoms with Crippen LogP contribution in [0.25, 0.3) is 0 Å². The number of methoxy groups -OCH3 is 1. The summed E-state index contributed by atoms with van der Waals surface area (Å²) in [5, 5.41) is 9.98. The highest BCUT2D eigenvalue weighted by Gasteiger charge is 2.16. The SMILES string of the molecule is COc1ccc(C(O)/C(=C/I)C(C)=O)cc1. The summed E-state index contributed by atoms with van der Waals surface area (Å²) in [5.74, 6) is 0.594. The second-order valence-electron chi connectivity index (χ2n) is 3.30. The van der Waals surface area contributed by atoms with Gasteiger partial charge in [0.1, 0.15) is 11.9 Å². The van der Waals surface area contributed by atoms with Crippen molar-refractivity contribution in [1.82, 2.24) is 0 Å². The van der Waals surface area contributed by atoms with Crippen molar-refractivity contribution < 1.29 is 14.6 Å². The highest BCUT2D eigenvalue weighted by molar-refractivity contribution is 14.1. The molecule has 4 heteroatoms. The van der Waals surface area contributed by atoms with Crippen molar-refractivity contribution in [3.05, 3.63) is 39.5 Å². The Hall–Kier alpha value is -0.880. The quantitative estimate of drug-likeness (QED) is 0.681. The molecule has 0 aliphatic rings. The number of hydrogen-bond donors (Lipinski definition) is 1. The summed E-state index contributed by atoms with van der Waals surface area (Å²) in [6.45, 7) is 1.44. The van der Waals surface area contributed by atoms with Crippen LogP contribution in [0.5, 0.6) is 5.75 Å². The van der Waals surface area contributed by atoms with Gasteiger partial charge in [0, 0.05) is 5.57 Å². The molecule has 0 saturated carbocycles. The summed E-state index contributed by atoms with van der Waals surface area (Å²) in [6.07, 6.45) is -0.875. The number of hydrogen-bond acceptors (Lipinski definition) is 3. The number of carbonyl (C=O) groups is 1. The first-order chi connectivity index (χ1) is 7.60. The standard InChI is InChI=1S/C12H13IO3/c1-8(14)11(7-13)12(15)9-3-5-10(16-2)6-4-9/h3-7,12,15H,1-2H3/b11-7+. The van der Waals surface area contributed by atoms with Gasteiger partial charge in [-0.1, -0.05) is 34.7 Å². The van der Waals surface area contributed by atoms with Gasteiger partial charge in [0.15, 0.2) is 5.78 Å². The lowest BCUT2D eigenvalue weighted by Crippen LogP contribution is -2.08. The Labute approximate surface area is 108 Å². The van der Waals surface area contributed by atoms with Gasteiger partial charge in [-0.15, -0.1) is 0 Å². The number of ketones is 1. The molecule has 0 amide bonds. The molecule has 1 unspecified atom stereocenters. The Balaban J connectivity index is 2.95. The predicted molar refractivity (Wildman–Crippen MR) is 70.7 cm³/mol. The van der Waals surface area contributed by atoms with E-state index < -0.39 is 6.10 Å². The molecular weight excluding hydrogens is 319 g/mol. The van der Waals surface area contributed by atoms with Crippen LogP contribution in [0.4, 0.5) is 0 Å². The summed E-state index contributed by atoms with van der Waals surface area (Å²) in [6, 6.07) is 6.99. The molecule has 1 N–H and O–H groups in total. The number of halogens is 1. The van der Waals surface area contributed by atoms with Crippen molar-refractivity contribution in [2.24, 2.45) is 0 Å². The Morgan fingerprint density at radius 1 is 1.44 bits per heavy atom. The molecule has 0 spiro atoms. The van der Waals surface area contributed by atoms with Gasteiger partial charge in [0.05, 0.1) is 7.11 Å². The minimum absolute atomic E-state index is 0.127. The maximum atomic E-state index is 11.3. The second kappa shape index (κ2) is 6.00. The molecule has 0 radical (unpaired) electrons. The first-order valence-corrected chi connectivity index (χ1v) is 5.98. The number of carbonyl (C=O) groups excluding carboxylic acids is 1. The molecule has 1 atom stereocenters. The van der Waals surface area contributed by atoms with E-state index in [1.165, 1.54) is 6.92 Å². The topological polar surface area (TPSA) is 46.5 Å². The zero-order chi connectivity index (χ0) is 12.1. The first-order valence-electron chi connectivity index (χ1n) is 4.73. The average Bonchev–Trinajstić information content (AvgIpc) is 2.29. The van der Waals surface area contributed by atoms with E-state index in [0.29, 0.717) is 11.1 Å². The fourth-order valence-corrected chi connectivity index (χ4v) is 2.07. The predicted octanol–water partition coefficient (Wildman–Crippen LogP) is 2.64. The van der Waals surface area contributed by atoms with Crippen LogP contribution in [0.1, 0.15) is 18.6 Å². The van der Waals surface area contributed by atoms with Crippen LogP contribution in [-0.2, 0) is 4.79 Å². The molecule has 0 heterocycles. The fourth-order valence-electron chi connectivity index (χ4n) is 1.29. The molecule has 86 valence electrons. The Bertz CT molecular complexity index is 395. The maximum absolute atomic E-state index is 11.3. The van der Waals surface area contributed by atoms with Crippen molar-refractivity contribution in [3.8, 4) is 5.75 Å². The molecule has 16 heavy (non-hydrogen) atoms. The summed E-state index contributed by atoms with van der Waals surface area (Å²) in [4.78, 5) is 11.3. The second-order valence-corrected chi connectivity index (χ2v) is 3.92. The normalized spacial score (nSPS) is 13.4. The fraction of sp³-hybridized carbons (Fsp3) is 0.250. The van der Waals surface area contributed by atoms with E-state index in [1.54, 1.807) is 35.5 Å². The maximum Gasteiger partial charge on any atom is 0.159 e. The van der Waals surface area contributed by atoms with Gasteiger partial charge < -0.3 is 9.84 Å². The smallest absolute Gasteiger partial charge is 0.159 e. The van der Waals surface area contributed by atoms with Gasteiger partial charge in [-0.05, 0) is 28.7 Å². The summed E-state index contributed by atoms with van der Waals surface area (Å²) >= 11 is 1.95. The molecule has 0 bridgehead atoms. The minimum Gasteiger partial charge on any atom is -0.497 e. The number of ether oxygens (including phenoxy) is 1. The minimum atomic E-state index is -0.875. The summed E-state index contributed by atoms with van der Waals surface area (Å²) in [5.41, 5.74) is 1.07. The molecule has 1 aromatic carbocycles. The zero-order valence-electron chi connectivity index (χ0n) is 9.11. The zero-order valence-corrected chi connectivity index (χ0v) is 11.3. The Morgan fingerprint density at radius 2 is 2.00 bits per heavy atom. The van der Waals surface area contributed by atoms with Crippen molar-refractivity contribution in [2.75, 3.05) is 7.11 Å². The van der Waals surface area contributed by atoms with E-state index in [0.717, 1.165) is 5.75 Å². The van der Waals surface area contributed by atoms with Crippen LogP contribution in [-0.4, -0.2) is 18.0 Å². The van der Waals surface area contributed by atoms with Gasteiger partial charge in [-0.2, -0.15) is 0 Å². The molecule has 0 aromatic heterocycles. The van der Waals surface area contributed by atoms with Crippen molar-refractivity contribution in [2.45, 2.75) is 13.0 Å². The van der Waals surface area contributed by atoms with E-state index in [-0.39, 0.29) is 5.78 Å². The highest BCUT2D eigenvalue weighted by atomic mass is 127. The van der Waals surface area contributed by atoms with Crippen LogP contribution >= 0.6 is 22.6 Å². The van der Waals surface area contributed by atoms with Gasteiger partial charge in [-0.25, -0.2) is 0 Å². The largest absolute Gasteiger partial charge is 0.497 e. The van der Waals surface area contributed by atoms with Gasteiger partial charge in [-0.3, -0.25) is 4.79 Å². The lowest BCUT2D eigenvalue weighted by Gasteiger charge is -2.12. The molecule has 0 saturated heterocycles.